The Hall–Kier alpha value is -1.67. The number of nitro benzene ring substituents is 1. The molecule has 0 bridgehead atoms. The first-order valence-electron chi connectivity index (χ1n) is 5.90. The molecule has 0 spiro atoms. The van der Waals surface area contributed by atoms with Gasteiger partial charge in [0.2, 0.25) is 0 Å². The predicted molar refractivity (Wildman–Crippen MR) is 75.8 cm³/mol. The molecule has 8 heteroatoms. The second-order valence-corrected chi connectivity index (χ2v) is 4.69. The molecule has 0 amide bonds. The van der Waals surface area contributed by atoms with Gasteiger partial charge in [0.15, 0.2) is 5.75 Å². The zero-order valence-electron chi connectivity index (χ0n) is 11.1. The van der Waals surface area contributed by atoms with E-state index in [-0.39, 0.29) is 24.7 Å². The van der Waals surface area contributed by atoms with E-state index in [9.17, 15) is 14.9 Å². The van der Waals surface area contributed by atoms with Gasteiger partial charge in [-0.05, 0) is 26.1 Å². The Morgan fingerprint density at radius 2 is 2.25 bits per heavy atom. The van der Waals surface area contributed by atoms with Crippen LogP contribution in [0.1, 0.15) is 6.92 Å². The van der Waals surface area contributed by atoms with E-state index < -0.39 is 16.9 Å². The summed E-state index contributed by atoms with van der Waals surface area (Å²) in [5.74, 6) is -0.363. The van der Waals surface area contributed by atoms with Gasteiger partial charge in [0.1, 0.15) is 12.6 Å². The van der Waals surface area contributed by atoms with E-state index in [4.69, 9.17) is 9.47 Å². The quantitative estimate of drug-likeness (QED) is 0.460. The first kappa shape index (κ1) is 16.4. The van der Waals surface area contributed by atoms with Gasteiger partial charge in [0.25, 0.3) is 0 Å². The zero-order valence-corrected chi connectivity index (χ0v) is 12.7. The fraction of sp³-hybridized carbons (Fsp3) is 0.417. The molecule has 0 aromatic heterocycles. The van der Waals surface area contributed by atoms with Gasteiger partial charge in [-0.25, -0.2) is 0 Å². The normalized spacial score (nSPS) is 11.8. The molecule has 0 aliphatic rings. The van der Waals surface area contributed by atoms with E-state index in [0.29, 0.717) is 4.47 Å². The number of likely N-dealkylation sites (N-methyl/N-ethyl adjacent to an activating group) is 1. The number of esters is 1. The Kier molecular flexibility index (Phi) is 6.40. The van der Waals surface area contributed by atoms with E-state index in [1.54, 1.807) is 20.0 Å². The molecule has 1 rings (SSSR count). The minimum absolute atomic E-state index is 0.0577. The number of benzene rings is 1. The maximum Gasteiger partial charge on any atom is 0.326 e. The van der Waals surface area contributed by atoms with Gasteiger partial charge >= 0.3 is 11.7 Å². The van der Waals surface area contributed by atoms with Gasteiger partial charge in [-0.1, -0.05) is 15.9 Å². The predicted octanol–water partition coefficient (Wildman–Crippen LogP) is 1.89. The van der Waals surface area contributed by atoms with Crippen molar-refractivity contribution >= 4 is 27.6 Å². The molecule has 1 aromatic rings. The summed E-state index contributed by atoms with van der Waals surface area (Å²) >= 11 is 3.16. The third-order valence-corrected chi connectivity index (χ3v) is 2.94. The number of hydrogen-bond acceptors (Lipinski definition) is 6. The molecule has 7 nitrogen and oxygen atoms in total. The van der Waals surface area contributed by atoms with Crippen LogP contribution in [0.5, 0.6) is 5.75 Å². The average Bonchev–Trinajstić information content (AvgIpc) is 2.41. The molecule has 0 saturated carbocycles. The summed E-state index contributed by atoms with van der Waals surface area (Å²) in [6, 6.07) is 3.76. The summed E-state index contributed by atoms with van der Waals surface area (Å²) in [6.45, 7) is 1.90. The Bertz CT molecular complexity index is 495. The van der Waals surface area contributed by atoms with Crippen LogP contribution in [-0.4, -0.2) is 37.2 Å². The number of nitro groups is 1. The van der Waals surface area contributed by atoms with Crippen LogP contribution in [-0.2, 0) is 9.53 Å². The smallest absolute Gasteiger partial charge is 0.326 e. The van der Waals surface area contributed by atoms with Crippen molar-refractivity contribution in [2.75, 3.05) is 20.3 Å². The molecule has 0 aliphatic heterocycles. The molecule has 0 saturated heterocycles. The number of carbonyl (C=O) groups excluding carboxylic acids is 1. The maximum atomic E-state index is 11.6. The summed E-state index contributed by atoms with van der Waals surface area (Å²) in [5.41, 5.74) is -0.168. The second kappa shape index (κ2) is 7.81. The SMILES string of the molecule is CCOC(=O)C(COc1ccc(Br)cc1[N+](=O)[O-])NC. The molecule has 1 N–H and O–H groups in total. The van der Waals surface area contributed by atoms with E-state index in [1.165, 1.54) is 12.1 Å². The van der Waals surface area contributed by atoms with Gasteiger partial charge in [-0.15, -0.1) is 0 Å². The Labute approximate surface area is 124 Å². The van der Waals surface area contributed by atoms with Crippen molar-refractivity contribution in [1.82, 2.24) is 5.32 Å². The maximum absolute atomic E-state index is 11.6. The van der Waals surface area contributed by atoms with Crippen LogP contribution in [0, 0.1) is 10.1 Å². The minimum atomic E-state index is -0.682. The van der Waals surface area contributed by atoms with Crippen molar-refractivity contribution in [3.63, 3.8) is 0 Å². The number of halogens is 1. The Balaban J connectivity index is 2.78. The van der Waals surface area contributed by atoms with Gasteiger partial charge < -0.3 is 14.8 Å². The highest BCUT2D eigenvalue weighted by atomic mass is 79.9. The van der Waals surface area contributed by atoms with Crippen molar-refractivity contribution in [3.05, 3.63) is 32.8 Å². The second-order valence-electron chi connectivity index (χ2n) is 3.77. The molecule has 0 heterocycles. The summed E-state index contributed by atoms with van der Waals surface area (Å²) in [4.78, 5) is 21.9. The molecule has 1 atom stereocenters. The Morgan fingerprint density at radius 3 is 2.80 bits per heavy atom. The van der Waals surface area contributed by atoms with Crippen molar-refractivity contribution < 1.29 is 19.2 Å². The molecule has 0 fully saturated rings. The van der Waals surface area contributed by atoms with Crippen LogP contribution in [0.15, 0.2) is 22.7 Å². The van der Waals surface area contributed by atoms with E-state index in [1.807, 2.05) is 0 Å². The summed E-state index contributed by atoms with van der Waals surface area (Å²) < 4.78 is 10.8. The van der Waals surface area contributed by atoms with E-state index >= 15 is 0 Å². The lowest BCUT2D eigenvalue weighted by Gasteiger charge is -2.15. The van der Waals surface area contributed by atoms with Crippen LogP contribution < -0.4 is 10.1 Å². The number of carbonyl (C=O) groups is 1. The highest BCUT2D eigenvalue weighted by molar-refractivity contribution is 9.10. The van der Waals surface area contributed by atoms with Crippen molar-refractivity contribution in [2.24, 2.45) is 0 Å². The summed E-state index contributed by atoms with van der Waals surface area (Å²) in [5, 5.41) is 13.7. The fourth-order valence-corrected chi connectivity index (χ4v) is 1.79. The van der Waals surface area contributed by atoms with Gasteiger partial charge in [-0.3, -0.25) is 14.9 Å². The van der Waals surface area contributed by atoms with Crippen LogP contribution in [0.4, 0.5) is 5.69 Å². The van der Waals surface area contributed by atoms with E-state index in [0.717, 1.165) is 0 Å². The van der Waals surface area contributed by atoms with Crippen LogP contribution in [0.2, 0.25) is 0 Å². The van der Waals surface area contributed by atoms with Crippen LogP contribution >= 0.6 is 15.9 Å². The lowest BCUT2D eigenvalue weighted by Crippen LogP contribution is -2.40. The molecule has 1 aromatic carbocycles. The first-order valence-corrected chi connectivity index (χ1v) is 6.69. The molecule has 110 valence electrons. The van der Waals surface area contributed by atoms with Crippen molar-refractivity contribution in [1.29, 1.82) is 0 Å². The number of nitrogens with zero attached hydrogens (tertiary/aromatic N) is 1. The highest BCUT2D eigenvalue weighted by Gasteiger charge is 2.21. The van der Waals surface area contributed by atoms with Gasteiger partial charge in [0.05, 0.1) is 11.5 Å². The molecule has 0 aliphatic carbocycles. The standard InChI is InChI=1S/C12H15BrN2O5/c1-3-19-12(16)9(14-2)7-20-11-5-4-8(13)6-10(11)15(17)18/h4-6,9,14H,3,7H2,1-2H3. The molecular weight excluding hydrogens is 332 g/mol. The molecule has 1 unspecified atom stereocenters. The van der Waals surface area contributed by atoms with Crippen molar-refractivity contribution in [2.45, 2.75) is 13.0 Å². The Morgan fingerprint density at radius 1 is 1.55 bits per heavy atom. The third kappa shape index (κ3) is 4.46. The first-order chi connectivity index (χ1) is 9.49. The number of ether oxygens (including phenoxy) is 2. The van der Waals surface area contributed by atoms with Crippen LogP contribution in [0.3, 0.4) is 0 Å². The minimum Gasteiger partial charge on any atom is -0.485 e. The molecule has 20 heavy (non-hydrogen) atoms. The number of nitrogens with one attached hydrogen (secondary N) is 1. The summed E-state index contributed by atoms with van der Waals surface area (Å²) in [7, 11) is 1.58. The van der Waals surface area contributed by atoms with E-state index in [2.05, 4.69) is 21.2 Å². The van der Waals surface area contributed by atoms with Crippen molar-refractivity contribution in [3.8, 4) is 5.75 Å². The fourth-order valence-electron chi connectivity index (χ4n) is 1.44. The van der Waals surface area contributed by atoms with Crippen LogP contribution in [0.25, 0.3) is 0 Å². The topological polar surface area (TPSA) is 90.7 Å². The largest absolute Gasteiger partial charge is 0.485 e. The monoisotopic (exact) mass is 346 g/mol. The van der Waals surface area contributed by atoms with Gasteiger partial charge in [0, 0.05) is 10.5 Å². The zero-order chi connectivity index (χ0) is 15.1. The molecule has 0 radical (unpaired) electrons. The third-order valence-electron chi connectivity index (χ3n) is 2.44. The summed E-state index contributed by atoms with van der Waals surface area (Å²) in [6.07, 6.45) is 0. The lowest BCUT2D eigenvalue weighted by atomic mass is 10.3. The van der Waals surface area contributed by atoms with Gasteiger partial charge in [-0.2, -0.15) is 0 Å². The lowest BCUT2D eigenvalue weighted by molar-refractivity contribution is -0.386. The highest BCUT2D eigenvalue weighted by Crippen LogP contribution is 2.30. The number of hydrogen-bond donors (Lipinski definition) is 1. The molecular formula is C12H15BrN2O5. The average molecular weight is 347 g/mol. The number of rotatable bonds is 7.